The van der Waals surface area contributed by atoms with Crippen molar-refractivity contribution in [1.82, 2.24) is 4.98 Å². The number of benzene rings is 4. The summed E-state index contributed by atoms with van der Waals surface area (Å²) in [6.45, 7) is 2.98. The van der Waals surface area contributed by atoms with Crippen molar-refractivity contribution in [1.29, 1.82) is 0 Å². The first kappa shape index (κ1) is 22.3. The number of nitrogens with zero attached hydrogens (tertiary/aromatic N) is 2. The fourth-order valence-corrected chi connectivity index (χ4v) is 5.60. The lowest BCUT2D eigenvalue weighted by atomic mass is 9.87. The number of aromatic nitrogens is 1. The predicted octanol–water partition coefficient (Wildman–Crippen LogP) is 7.17. The van der Waals surface area contributed by atoms with Gasteiger partial charge in [-0.3, -0.25) is 9.69 Å². The molecule has 0 saturated heterocycles. The first-order valence-corrected chi connectivity index (χ1v) is 12.8. The topological polar surface area (TPSA) is 51.7 Å². The fraction of sp³-hybridized carbons (Fsp3) is 0.133. The number of thiazole rings is 1. The maximum Gasteiger partial charge on any atom is 0.241 e. The van der Waals surface area contributed by atoms with E-state index in [9.17, 15) is 4.79 Å². The minimum atomic E-state index is -0.499. The van der Waals surface area contributed by atoms with Crippen LogP contribution >= 0.6 is 11.3 Å². The summed E-state index contributed by atoms with van der Waals surface area (Å²) >= 11 is 1.50. The number of hydrogen-bond donors (Lipinski definition) is 0. The van der Waals surface area contributed by atoms with E-state index in [1.54, 1.807) is 0 Å². The first-order valence-electron chi connectivity index (χ1n) is 12.0. The van der Waals surface area contributed by atoms with Gasteiger partial charge in [0.05, 0.1) is 29.3 Å². The van der Waals surface area contributed by atoms with Gasteiger partial charge in [-0.05, 0) is 42.8 Å². The Morgan fingerprint density at radius 3 is 2.28 bits per heavy atom. The number of hydrogen-bond acceptors (Lipinski definition) is 5. The first-order chi connectivity index (χ1) is 17.7. The number of carbonyl (C=O) groups is 1. The molecule has 0 spiro atoms. The summed E-state index contributed by atoms with van der Waals surface area (Å²) < 4.78 is 12.8. The summed E-state index contributed by atoms with van der Waals surface area (Å²) in [6, 6.07) is 31.4. The molecule has 1 aromatic heterocycles. The normalized spacial score (nSPS) is 12.5. The third kappa shape index (κ3) is 4.10. The van der Waals surface area contributed by atoms with Gasteiger partial charge < -0.3 is 9.47 Å². The average molecular weight is 493 g/mol. The van der Waals surface area contributed by atoms with E-state index in [0.29, 0.717) is 29.8 Å². The van der Waals surface area contributed by atoms with Crippen LogP contribution in [-0.2, 0) is 11.3 Å². The zero-order valence-electron chi connectivity index (χ0n) is 19.8. The zero-order valence-corrected chi connectivity index (χ0v) is 20.6. The maximum atomic E-state index is 14.5. The van der Waals surface area contributed by atoms with Crippen molar-refractivity contribution >= 4 is 32.6 Å². The molecule has 0 saturated carbocycles. The molecule has 0 N–H and O–H groups in total. The molecular weight excluding hydrogens is 468 g/mol. The highest BCUT2D eigenvalue weighted by Gasteiger charge is 2.36. The van der Waals surface area contributed by atoms with Crippen molar-refractivity contribution < 1.29 is 14.3 Å². The van der Waals surface area contributed by atoms with Crippen molar-refractivity contribution in [3.8, 4) is 17.2 Å². The summed E-state index contributed by atoms with van der Waals surface area (Å²) in [4.78, 5) is 21.2. The predicted molar refractivity (Wildman–Crippen MR) is 143 cm³/mol. The van der Waals surface area contributed by atoms with Gasteiger partial charge in [0.25, 0.3) is 0 Å². The van der Waals surface area contributed by atoms with E-state index >= 15 is 0 Å². The molecule has 0 unspecified atom stereocenters. The highest BCUT2D eigenvalue weighted by molar-refractivity contribution is 7.22. The van der Waals surface area contributed by atoms with Crippen LogP contribution in [0.15, 0.2) is 97.1 Å². The number of rotatable bonds is 6. The van der Waals surface area contributed by atoms with E-state index in [-0.39, 0.29) is 5.91 Å². The molecule has 5 aromatic rings. The summed E-state index contributed by atoms with van der Waals surface area (Å²) in [5.41, 5.74) is 3.60. The van der Waals surface area contributed by atoms with Crippen LogP contribution in [0.4, 0.5) is 5.13 Å². The molecule has 1 amide bonds. The molecule has 1 aliphatic heterocycles. The summed E-state index contributed by atoms with van der Waals surface area (Å²) in [5.74, 6) is 1.68. The van der Waals surface area contributed by atoms with Gasteiger partial charge in [-0.1, -0.05) is 78.1 Å². The fourth-order valence-electron chi connectivity index (χ4n) is 4.60. The standard InChI is InChI=1S/C30H24N2O3S/c1-2-34-21-16-17-24-27(18-21)36-30(31-24)32(19-20-10-4-3-5-11-20)29(33)28-22-12-6-8-14-25(22)35-26-15-9-7-13-23(26)28/h3-18,28H,2,19H2,1H3. The van der Waals surface area contributed by atoms with Gasteiger partial charge in [-0.25, -0.2) is 4.98 Å². The Balaban J connectivity index is 1.47. The largest absolute Gasteiger partial charge is 0.494 e. The number of para-hydroxylation sites is 2. The lowest BCUT2D eigenvalue weighted by Crippen LogP contribution is -2.36. The quantitative estimate of drug-likeness (QED) is 0.252. The van der Waals surface area contributed by atoms with Crippen LogP contribution in [0.5, 0.6) is 17.2 Å². The second-order valence-corrected chi connectivity index (χ2v) is 9.59. The van der Waals surface area contributed by atoms with Gasteiger partial charge >= 0.3 is 0 Å². The third-order valence-corrected chi connectivity index (χ3v) is 7.31. The van der Waals surface area contributed by atoms with Crippen LogP contribution in [-0.4, -0.2) is 17.5 Å². The Kier molecular flexibility index (Phi) is 5.87. The van der Waals surface area contributed by atoms with Gasteiger partial charge in [-0.2, -0.15) is 0 Å². The summed E-state index contributed by atoms with van der Waals surface area (Å²) in [7, 11) is 0. The Bertz CT molecular complexity index is 1500. The van der Waals surface area contributed by atoms with Gasteiger partial charge in [0.15, 0.2) is 5.13 Å². The number of anilines is 1. The van der Waals surface area contributed by atoms with E-state index in [1.165, 1.54) is 11.3 Å². The Morgan fingerprint density at radius 2 is 1.58 bits per heavy atom. The van der Waals surface area contributed by atoms with Gasteiger partial charge in [0.2, 0.25) is 5.91 Å². The van der Waals surface area contributed by atoms with Crippen molar-refractivity contribution in [2.45, 2.75) is 19.4 Å². The Hall–Kier alpha value is -4.16. The molecule has 36 heavy (non-hydrogen) atoms. The minimum Gasteiger partial charge on any atom is -0.494 e. The third-order valence-electron chi connectivity index (χ3n) is 6.27. The van der Waals surface area contributed by atoms with Crippen molar-refractivity contribution in [2.75, 3.05) is 11.5 Å². The molecule has 0 aliphatic carbocycles. The van der Waals surface area contributed by atoms with E-state index in [1.807, 2.05) is 109 Å². The molecule has 6 heteroatoms. The van der Waals surface area contributed by atoms with Gasteiger partial charge in [-0.15, -0.1) is 0 Å². The van der Waals surface area contributed by atoms with Crippen LogP contribution in [0, 0.1) is 0 Å². The number of carbonyl (C=O) groups excluding carboxylic acids is 1. The highest BCUT2D eigenvalue weighted by Crippen LogP contribution is 2.45. The number of ether oxygens (including phenoxy) is 2. The van der Waals surface area contributed by atoms with Crippen LogP contribution in [0.2, 0.25) is 0 Å². The molecule has 0 fully saturated rings. The molecule has 178 valence electrons. The van der Waals surface area contributed by atoms with Crippen molar-refractivity contribution in [3.05, 3.63) is 114 Å². The second kappa shape index (κ2) is 9.47. The lowest BCUT2D eigenvalue weighted by molar-refractivity contribution is -0.119. The lowest BCUT2D eigenvalue weighted by Gasteiger charge is -2.31. The summed E-state index contributed by atoms with van der Waals surface area (Å²) in [6.07, 6.45) is 0. The van der Waals surface area contributed by atoms with Crippen LogP contribution < -0.4 is 14.4 Å². The molecule has 0 bridgehead atoms. The molecular formula is C30H24N2O3S. The number of fused-ring (bicyclic) bond motifs is 3. The molecule has 1 aliphatic rings. The SMILES string of the molecule is CCOc1ccc2nc(N(Cc3ccccc3)C(=O)C3c4ccccc4Oc4ccccc43)sc2c1. The van der Waals surface area contributed by atoms with Gasteiger partial charge in [0, 0.05) is 11.1 Å². The number of amides is 1. The zero-order chi connectivity index (χ0) is 24.5. The molecule has 6 rings (SSSR count). The molecule has 4 aromatic carbocycles. The van der Waals surface area contributed by atoms with Crippen molar-refractivity contribution in [3.63, 3.8) is 0 Å². The Morgan fingerprint density at radius 1 is 0.917 bits per heavy atom. The highest BCUT2D eigenvalue weighted by atomic mass is 32.1. The van der Waals surface area contributed by atoms with Crippen LogP contribution in [0.1, 0.15) is 29.5 Å². The molecule has 0 atom stereocenters. The van der Waals surface area contributed by atoms with Crippen LogP contribution in [0.25, 0.3) is 10.2 Å². The minimum absolute atomic E-state index is 0.0360. The molecule has 0 radical (unpaired) electrons. The molecule has 2 heterocycles. The van der Waals surface area contributed by atoms with Gasteiger partial charge in [0.1, 0.15) is 17.2 Å². The Labute approximate surface area is 213 Å². The van der Waals surface area contributed by atoms with E-state index in [4.69, 9.17) is 14.5 Å². The average Bonchev–Trinajstić information content (AvgIpc) is 3.34. The van der Waals surface area contributed by atoms with Crippen LogP contribution in [0.3, 0.4) is 0 Å². The maximum absolute atomic E-state index is 14.5. The van der Waals surface area contributed by atoms with Crippen molar-refractivity contribution in [2.24, 2.45) is 0 Å². The van der Waals surface area contributed by atoms with E-state index in [0.717, 1.165) is 32.7 Å². The molecule has 5 nitrogen and oxygen atoms in total. The smallest absolute Gasteiger partial charge is 0.241 e. The monoisotopic (exact) mass is 492 g/mol. The summed E-state index contributed by atoms with van der Waals surface area (Å²) in [5, 5.41) is 0.661. The van der Waals surface area contributed by atoms with E-state index in [2.05, 4.69) is 0 Å². The second-order valence-electron chi connectivity index (χ2n) is 8.58. The van der Waals surface area contributed by atoms with E-state index < -0.39 is 5.92 Å².